The zero-order valence-corrected chi connectivity index (χ0v) is 31.3. The molecule has 5 nitrogen and oxygen atoms in total. The fourth-order valence-corrected chi connectivity index (χ4v) is 8.86. The van der Waals surface area contributed by atoms with Crippen molar-refractivity contribution in [3.63, 3.8) is 0 Å². The largest absolute Gasteiger partial charge is 0.309 e. The molecule has 0 saturated heterocycles. The second-order valence-corrected chi connectivity index (χ2v) is 14.8. The summed E-state index contributed by atoms with van der Waals surface area (Å²) in [7, 11) is 0. The molecular formula is C53H33N5. The number of pyridine rings is 1. The van der Waals surface area contributed by atoms with Crippen LogP contribution in [0.3, 0.4) is 0 Å². The number of aromatic nitrogens is 5. The quantitative estimate of drug-likeness (QED) is 0.165. The van der Waals surface area contributed by atoms with Gasteiger partial charge in [0.2, 0.25) is 0 Å². The van der Waals surface area contributed by atoms with Crippen LogP contribution in [-0.2, 0) is 0 Å². The van der Waals surface area contributed by atoms with Gasteiger partial charge in [0.25, 0.3) is 0 Å². The maximum absolute atomic E-state index is 4.93. The fraction of sp³-hybridized carbons (Fsp3) is 0. The minimum atomic E-state index is 0.644. The van der Waals surface area contributed by atoms with Gasteiger partial charge in [-0.05, 0) is 52.9 Å². The van der Waals surface area contributed by atoms with Crippen LogP contribution in [0.4, 0.5) is 0 Å². The maximum Gasteiger partial charge on any atom is 0.164 e. The lowest BCUT2D eigenvalue weighted by Gasteiger charge is -2.15. The van der Waals surface area contributed by atoms with E-state index in [1.54, 1.807) is 0 Å². The molecule has 58 heavy (non-hydrogen) atoms. The summed E-state index contributed by atoms with van der Waals surface area (Å²) in [6.07, 6.45) is 0. The molecule has 4 aromatic heterocycles. The number of fused-ring (bicyclic) bond motifs is 12. The van der Waals surface area contributed by atoms with Gasteiger partial charge in [0, 0.05) is 49.3 Å². The van der Waals surface area contributed by atoms with Crippen molar-refractivity contribution in [1.82, 2.24) is 23.9 Å². The van der Waals surface area contributed by atoms with Crippen molar-refractivity contribution >= 4 is 59.9 Å². The first-order chi connectivity index (χ1) is 28.8. The van der Waals surface area contributed by atoms with Crippen LogP contribution in [-0.4, -0.2) is 23.9 Å². The summed E-state index contributed by atoms with van der Waals surface area (Å²) in [4.78, 5) is 14.7. The van der Waals surface area contributed by atoms with E-state index in [4.69, 9.17) is 15.0 Å². The first-order valence-electron chi connectivity index (χ1n) is 19.6. The molecule has 270 valence electrons. The van der Waals surface area contributed by atoms with E-state index in [9.17, 15) is 0 Å². The minimum Gasteiger partial charge on any atom is -0.309 e. The third kappa shape index (κ3) is 5.00. The summed E-state index contributed by atoms with van der Waals surface area (Å²) in [6, 6.07) is 71.0. The predicted octanol–water partition coefficient (Wildman–Crippen LogP) is 13.3. The van der Waals surface area contributed by atoms with E-state index in [1.807, 2.05) is 60.7 Å². The molecule has 0 bridgehead atoms. The average Bonchev–Trinajstić information content (AvgIpc) is 3.86. The highest BCUT2D eigenvalue weighted by molar-refractivity contribution is 6.27. The number of nitrogens with zero attached hydrogens (tertiary/aromatic N) is 5. The van der Waals surface area contributed by atoms with Gasteiger partial charge in [-0.3, -0.25) is 0 Å². The summed E-state index contributed by atoms with van der Waals surface area (Å²) in [5.41, 5.74) is 12.3. The van der Waals surface area contributed by atoms with Crippen molar-refractivity contribution in [3.8, 4) is 51.0 Å². The van der Waals surface area contributed by atoms with Gasteiger partial charge in [-0.25, -0.2) is 15.0 Å². The lowest BCUT2D eigenvalue weighted by atomic mass is 10.0. The van der Waals surface area contributed by atoms with E-state index in [1.165, 1.54) is 59.9 Å². The molecule has 0 aliphatic carbocycles. The van der Waals surface area contributed by atoms with E-state index in [0.29, 0.717) is 17.5 Å². The molecule has 0 fully saturated rings. The second-order valence-electron chi connectivity index (χ2n) is 14.8. The van der Waals surface area contributed by atoms with Crippen molar-refractivity contribution < 1.29 is 0 Å². The standard InChI is InChI=1S/C53H33N5/c1-3-13-36(14-4-1)51-54-52(37-15-5-2-6-16-37)56-53(55-51)38-25-23-34(24-26-38)35-27-29-40(30-28-35)57-46-22-12-10-19-42(46)44-31-32-47-49(50(44)57)43-20-9-8-18-41(43)48-33-39-17-7-11-21-45(39)58(47)48/h1-33H. The average molecular weight is 740 g/mol. The normalized spacial score (nSPS) is 11.8. The van der Waals surface area contributed by atoms with Gasteiger partial charge in [-0.15, -0.1) is 0 Å². The highest BCUT2D eigenvalue weighted by Crippen LogP contribution is 2.42. The van der Waals surface area contributed by atoms with Crippen LogP contribution in [0.15, 0.2) is 200 Å². The van der Waals surface area contributed by atoms with Gasteiger partial charge < -0.3 is 8.97 Å². The number of benzene rings is 8. The molecule has 0 atom stereocenters. The summed E-state index contributed by atoms with van der Waals surface area (Å²) in [6.45, 7) is 0. The van der Waals surface area contributed by atoms with Gasteiger partial charge in [0.15, 0.2) is 17.5 Å². The predicted molar refractivity (Wildman–Crippen MR) is 239 cm³/mol. The Morgan fingerprint density at radius 3 is 1.43 bits per heavy atom. The molecule has 0 saturated carbocycles. The molecule has 0 amide bonds. The Labute approximate surface area is 333 Å². The van der Waals surface area contributed by atoms with Crippen LogP contribution in [0.1, 0.15) is 0 Å². The van der Waals surface area contributed by atoms with Crippen molar-refractivity contribution in [3.05, 3.63) is 200 Å². The first kappa shape index (κ1) is 32.4. The van der Waals surface area contributed by atoms with Crippen LogP contribution in [0.5, 0.6) is 0 Å². The Hall–Kier alpha value is -7.89. The molecule has 0 N–H and O–H groups in total. The summed E-state index contributed by atoms with van der Waals surface area (Å²) < 4.78 is 4.91. The fourth-order valence-electron chi connectivity index (χ4n) is 8.86. The Balaban J connectivity index is 0.990. The monoisotopic (exact) mass is 739 g/mol. The minimum absolute atomic E-state index is 0.644. The summed E-state index contributed by atoms with van der Waals surface area (Å²) in [5, 5.41) is 7.48. The van der Waals surface area contributed by atoms with Crippen LogP contribution in [0, 0.1) is 0 Å². The molecule has 12 aromatic rings. The van der Waals surface area contributed by atoms with Gasteiger partial charge in [0.05, 0.1) is 27.6 Å². The van der Waals surface area contributed by atoms with E-state index in [-0.39, 0.29) is 0 Å². The third-order valence-electron chi connectivity index (χ3n) is 11.5. The van der Waals surface area contributed by atoms with Crippen LogP contribution in [0.2, 0.25) is 0 Å². The first-order valence-corrected chi connectivity index (χ1v) is 19.6. The van der Waals surface area contributed by atoms with E-state index in [0.717, 1.165) is 33.5 Å². The summed E-state index contributed by atoms with van der Waals surface area (Å²) >= 11 is 0. The molecule has 0 radical (unpaired) electrons. The third-order valence-corrected chi connectivity index (χ3v) is 11.5. The molecule has 0 unspecified atom stereocenters. The van der Waals surface area contributed by atoms with Crippen molar-refractivity contribution in [2.45, 2.75) is 0 Å². The van der Waals surface area contributed by atoms with Crippen LogP contribution >= 0.6 is 0 Å². The van der Waals surface area contributed by atoms with Crippen LogP contribution in [0.25, 0.3) is 111 Å². The van der Waals surface area contributed by atoms with Crippen LogP contribution < -0.4 is 0 Å². The van der Waals surface area contributed by atoms with Crippen molar-refractivity contribution in [2.24, 2.45) is 0 Å². The Kier molecular flexibility index (Phi) is 7.16. The van der Waals surface area contributed by atoms with Gasteiger partial charge in [-0.1, -0.05) is 164 Å². The molecule has 12 rings (SSSR count). The molecule has 0 spiro atoms. The van der Waals surface area contributed by atoms with Crippen molar-refractivity contribution in [2.75, 3.05) is 0 Å². The number of hydrogen-bond acceptors (Lipinski definition) is 3. The van der Waals surface area contributed by atoms with E-state index in [2.05, 4.69) is 148 Å². The zero-order chi connectivity index (χ0) is 38.2. The molecular weight excluding hydrogens is 707 g/mol. The van der Waals surface area contributed by atoms with Crippen molar-refractivity contribution in [1.29, 1.82) is 0 Å². The number of para-hydroxylation sites is 2. The highest BCUT2D eigenvalue weighted by Gasteiger charge is 2.20. The van der Waals surface area contributed by atoms with E-state index < -0.39 is 0 Å². The number of hydrogen-bond donors (Lipinski definition) is 0. The van der Waals surface area contributed by atoms with Gasteiger partial charge in [0.1, 0.15) is 0 Å². The SMILES string of the molecule is c1ccc(-c2nc(-c3ccccc3)nc(-c3ccc(-c4ccc(-n5c6ccccc6c6ccc7c(c8ccccc8c8cc9ccccc9n87)c65)cc4)cc3)n2)cc1. The Morgan fingerprint density at radius 1 is 0.310 bits per heavy atom. The smallest absolute Gasteiger partial charge is 0.164 e. The topological polar surface area (TPSA) is 48.0 Å². The molecule has 0 aliphatic rings. The number of rotatable bonds is 5. The van der Waals surface area contributed by atoms with Gasteiger partial charge in [-0.2, -0.15) is 0 Å². The summed E-state index contributed by atoms with van der Waals surface area (Å²) in [5.74, 6) is 1.95. The molecule has 4 heterocycles. The highest BCUT2D eigenvalue weighted by atomic mass is 15.0. The molecule has 5 heteroatoms. The lowest BCUT2D eigenvalue weighted by molar-refractivity contribution is 1.07. The maximum atomic E-state index is 4.93. The zero-order valence-electron chi connectivity index (χ0n) is 31.3. The molecule has 0 aliphatic heterocycles. The second kappa shape index (κ2) is 12.8. The molecule has 8 aromatic carbocycles. The van der Waals surface area contributed by atoms with Gasteiger partial charge >= 0.3 is 0 Å². The Morgan fingerprint density at radius 2 is 0.793 bits per heavy atom. The lowest BCUT2D eigenvalue weighted by Crippen LogP contribution is -2.00. The Bertz CT molecular complexity index is 3470. The van der Waals surface area contributed by atoms with E-state index >= 15 is 0 Å².